The number of carbonyl (C=O) groups excluding carboxylic acids is 3. The van der Waals surface area contributed by atoms with Crippen LogP contribution in [-0.4, -0.2) is 37.6 Å². The van der Waals surface area contributed by atoms with Gasteiger partial charge in [-0.25, -0.2) is 9.59 Å². The molecule has 1 N–H and O–H groups in total. The van der Waals surface area contributed by atoms with Crippen molar-refractivity contribution < 1.29 is 23.9 Å². The molecule has 31 heavy (non-hydrogen) atoms. The highest BCUT2D eigenvalue weighted by Crippen LogP contribution is 2.61. The number of carbonyl (C=O) groups is 3. The average molecular weight is 426 g/mol. The molecule has 4 fully saturated rings. The second kappa shape index (κ2) is 8.85. The molecular formula is C25H31NO5. The molecule has 5 rings (SSSR count). The Morgan fingerprint density at radius 2 is 1.65 bits per heavy atom. The lowest BCUT2D eigenvalue weighted by Crippen LogP contribution is -2.56. The van der Waals surface area contributed by atoms with Gasteiger partial charge in [0.15, 0.2) is 6.61 Å². The van der Waals surface area contributed by atoms with Crippen LogP contribution < -0.4 is 5.32 Å². The first-order valence-corrected chi connectivity index (χ1v) is 11.2. The fourth-order valence-electron chi connectivity index (χ4n) is 6.34. The van der Waals surface area contributed by atoms with Gasteiger partial charge in [-0.15, -0.1) is 0 Å². The fourth-order valence-corrected chi connectivity index (χ4v) is 6.34. The minimum absolute atomic E-state index is 0.107. The molecule has 6 nitrogen and oxygen atoms in total. The number of nitrogens with one attached hydrogen (secondary N) is 1. The molecule has 4 aliphatic rings. The molecule has 1 aromatic carbocycles. The third kappa shape index (κ3) is 4.83. The van der Waals surface area contributed by atoms with Crippen LogP contribution in [0.5, 0.6) is 0 Å². The van der Waals surface area contributed by atoms with E-state index in [2.05, 4.69) is 17.0 Å². The smallest absolute Gasteiger partial charge is 0.337 e. The van der Waals surface area contributed by atoms with Gasteiger partial charge in [0.25, 0.3) is 5.91 Å². The first kappa shape index (κ1) is 21.6. The molecule has 166 valence electrons. The molecule has 1 unspecified atom stereocenters. The predicted molar refractivity (Wildman–Crippen MR) is 116 cm³/mol. The van der Waals surface area contributed by atoms with Crippen LogP contribution in [0.1, 0.15) is 61.4 Å². The lowest BCUT2D eigenvalue weighted by molar-refractivity contribution is -0.145. The zero-order valence-corrected chi connectivity index (χ0v) is 18.3. The summed E-state index contributed by atoms with van der Waals surface area (Å²) >= 11 is 0. The van der Waals surface area contributed by atoms with Crippen LogP contribution in [-0.2, 0) is 19.1 Å². The maximum absolute atomic E-state index is 12.4. The van der Waals surface area contributed by atoms with E-state index in [9.17, 15) is 14.4 Å². The molecule has 0 saturated heterocycles. The number of benzene rings is 1. The van der Waals surface area contributed by atoms with Crippen molar-refractivity contribution in [1.82, 2.24) is 5.32 Å². The van der Waals surface area contributed by atoms with E-state index in [-0.39, 0.29) is 24.0 Å². The quantitative estimate of drug-likeness (QED) is 0.531. The topological polar surface area (TPSA) is 81.7 Å². The van der Waals surface area contributed by atoms with Crippen LogP contribution in [0.25, 0.3) is 6.08 Å². The van der Waals surface area contributed by atoms with E-state index in [1.165, 1.54) is 51.7 Å². The SMILES string of the molecule is COC(=O)c1ccc(/C=C/C(=O)OCC(=O)NC(C)C23CC4CC(CC(C4)C2)C3)cc1. The van der Waals surface area contributed by atoms with Crippen molar-refractivity contribution in [2.75, 3.05) is 13.7 Å². The molecule has 1 aromatic rings. The number of methoxy groups -OCH3 is 1. The van der Waals surface area contributed by atoms with Crippen molar-refractivity contribution in [1.29, 1.82) is 0 Å². The van der Waals surface area contributed by atoms with E-state index < -0.39 is 11.9 Å². The molecule has 1 amide bonds. The first-order chi connectivity index (χ1) is 14.9. The lowest BCUT2D eigenvalue weighted by atomic mass is 9.48. The summed E-state index contributed by atoms with van der Waals surface area (Å²) in [7, 11) is 1.33. The molecule has 4 aliphatic carbocycles. The normalized spacial score (nSPS) is 29.5. The van der Waals surface area contributed by atoms with Gasteiger partial charge < -0.3 is 14.8 Å². The lowest BCUT2D eigenvalue weighted by Gasteiger charge is -2.59. The van der Waals surface area contributed by atoms with Crippen molar-refractivity contribution in [2.45, 2.75) is 51.5 Å². The van der Waals surface area contributed by atoms with Gasteiger partial charge >= 0.3 is 11.9 Å². The summed E-state index contributed by atoms with van der Waals surface area (Å²) in [6.07, 6.45) is 10.6. The van der Waals surface area contributed by atoms with Crippen LogP contribution >= 0.6 is 0 Å². The van der Waals surface area contributed by atoms with E-state index in [4.69, 9.17) is 4.74 Å². The van der Waals surface area contributed by atoms with Crippen molar-refractivity contribution in [3.63, 3.8) is 0 Å². The van der Waals surface area contributed by atoms with Gasteiger partial charge in [0.2, 0.25) is 0 Å². The summed E-state index contributed by atoms with van der Waals surface area (Å²) in [5.41, 5.74) is 1.40. The van der Waals surface area contributed by atoms with Crippen LogP contribution in [0.2, 0.25) is 0 Å². The highest BCUT2D eigenvalue weighted by atomic mass is 16.5. The van der Waals surface area contributed by atoms with E-state index >= 15 is 0 Å². The van der Waals surface area contributed by atoms with Crippen LogP contribution in [0.3, 0.4) is 0 Å². The molecule has 0 aromatic heterocycles. The van der Waals surface area contributed by atoms with Gasteiger partial charge in [-0.05, 0) is 92.4 Å². The Morgan fingerprint density at radius 1 is 1.06 bits per heavy atom. The minimum Gasteiger partial charge on any atom is -0.465 e. The molecule has 6 heteroatoms. The zero-order valence-electron chi connectivity index (χ0n) is 18.3. The van der Waals surface area contributed by atoms with Crippen LogP contribution in [0.4, 0.5) is 0 Å². The van der Waals surface area contributed by atoms with Crippen LogP contribution in [0.15, 0.2) is 30.3 Å². The van der Waals surface area contributed by atoms with Crippen molar-refractivity contribution >= 4 is 23.9 Å². The van der Waals surface area contributed by atoms with Crippen molar-refractivity contribution in [3.8, 4) is 0 Å². The maximum atomic E-state index is 12.4. The fraction of sp³-hybridized carbons (Fsp3) is 0.560. The first-order valence-electron chi connectivity index (χ1n) is 11.2. The van der Waals surface area contributed by atoms with E-state index in [1.807, 2.05) is 0 Å². The molecular weight excluding hydrogens is 394 g/mol. The summed E-state index contributed by atoms with van der Waals surface area (Å²) in [5, 5.41) is 3.10. The van der Waals surface area contributed by atoms with Gasteiger partial charge in [0.1, 0.15) is 0 Å². The second-order valence-electron chi connectivity index (χ2n) is 9.62. The number of rotatable bonds is 7. The summed E-state index contributed by atoms with van der Waals surface area (Å²) in [4.78, 5) is 35.8. The Hall–Kier alpha value is -2.63. The van der Waals surface area contributed by atoms with Crippen LogP contribution in [0, 0.1) is 23.2 Å². The second-order valence-corrected chi connectivity index (χ2v) is 9.62. The van der Waals surface area contributed by atoms with E-state index in [0.29, 0.717) is 5.56 Å². The van der Waals surface area contributed by atoms with Gasteiger partial charge in [-0.1, -0.05) is 12.1 Å². The molecule has 0 aliphatic heterocycles. The Labute approximate surface area is 183 Å². The van der Waals surface area contributed by atoms with Gasteiger partial charge in [-0.3, -0.25) is 4.79 Å². The molecule has 4 bridgehead atoms. The highest BCUT2D eigenvalue weighted by Gasteiger charge is 2.53. The zero-order chi connectivity index (χ0) is 22.0. The Morgan fingerprint density at radius 3 is 2.19 bits per heavy atom. The summed E-state index contributed by atoms with van der Waals surface area (Å²) < 4.78 is 9.77. The Kier molecular flexibility index (Phi) is 6.17. The number of ether oxygens (including phenoxy) is 2. The number of hydrogen-bond acceptors (Lipinski definition) is 5. The number of amides is 1. The molecule has 0 heterocycles. The largest absolute Gasteiger partial charge is 0.465 e. The standard InChI is InChI=1S/C25H31NO5/c1-16(25-12-18-9-19(13-25)11-20(10-18)14-25)26-22(27)15-31-23(28)8-5-17-3-6-21(7-4-17)24(29)30-2/h3-8,16,18-20H,9-15H2,1-2H3,(H,26,27)/b8-5+. The van der Waals surface area contributed by atoms with Gasteiger partial charge in [0, 0.05) is 12.1 Å². The van der Waals surface area contributed by atoms with Crippen molar-refractivity contribution in [3.05, 3.63) is 41.5 Å². The Balaban J connectivity index is 1.24. The van der Waals surface area contributed by atoms with E-state index in [0.717, 1.165) is 23.3 Å². The van der Waals surface area contributed by atoms with Crippen molar-refractivity contribution in [2.24, 2.45) is 23.2 Å². The molecule has 0 radical (unpaired) electrons. The number of esters is 2. The maximum Gasteiger partial charge on any atom is 0.337 e. The monoisotopic (exact) mass is 425 g/mol. The Bertz CT molecular complexity index is 837. The molecule has 0 spiro atoms. The third-order valence-corrected chi connectivity index (χ3v) is 7.47. The highest BCUT2D eigenvalue weighted by molar-refractivity contribution is 5.91. The summed E-state index contributed by atoms with van der Waals surface area (Å²) in [5.74, 6) is 1.26. The van der Waals surface area contributed by atoms with Gasteiger partial charge in [0.05, 0.1) is 12.7 Å². The summed E-state index contributed by atoms with van der Waals surface area (Å²) in [6, 6.07) is 6.76. The molecule has 1 atom stereocenters. The van der Waals surface area contributed by atoms with Gasteiger partial charge in [-0.2, -0.15) is 0 Å². The number of hydrogen-bond donors (Lipinski definition) is 1. The molecule has 4 saturated carbocycles. The predicted octanol–water partition coefficient (Wildman–Crippen LogP) is 3.75. The average Bonchev–Trinajstić information content (AvgIpc) is 2.75. The van der Waals surface area contributed by atoms with E-state index in [1.54, 1.807) is 30.3 Å². The summed E-state index contributed by atoms with van der Waals surface area (Å²) in [6.45, 7) is 1.84. The minimum atomic E-state index is -0.574. The third-order valence-electron chi connectivity index (χ3n) is 7.47.